The van der Waals surface area contributed by atoms with Gasteiger partial charge in [0.2, 0.25) is 5.91 Å². The van der Waals surface area contributed by atoms with Gasteiger partial charge < -0.3 is 11.1 Å². The number of nitrogens with two attached hydrogens (primary N) is 1. The second kappa shape index (κ2) is 5.19. The molecule has 0 aromatic heterocycles. The van der Waals surface area contributed by atoms with Crippen molar-refractivity contribution in [2.45, 2.75) is 63.8 Å². The van der Waals surface area contributed by atoms with Gasteiger partial charge in [-0.2, -0.15) is 11.8 Å². The van der Waals surface area contributed by atoms with E-state index in [1.54, 1.807) is 0 Å². The van der Waals surface area contributed by atoms with Gasteiger partial charge in [0.05, 0.1) is 5.41 Å². The average Bonchev–Trinajstić information content (AvgIpc) is 2.63. The Morgan fingerprint density at radius 1 is 1.29 bits per heavy atom. The molecule has 1 aliphatic rings. The molecular weight excluding hydrogens is 232 g/mol. The molecule has 0 saturated heterocycles. The maximum absolute atomic E-state index is 12.3. The summed E-state index contributed by atoms with van der Waals surface area (Å²) in [5.41, 5.74) is 5.04. The third-order valence-corrected chi connectivity index (χ3v) is 5.42. The summed E-state index contributed by atoms with van der Waals surface area (Å²) in [6.07, 6.45) is 5.63. The number of nitrogens with one attached hydrogen (secondary N) is 1. The zero-order chi connectivity index (χ0) is 13.3. The fraction of sp³-hybridized carbons (Fsp3) is 0.923. The molecule has 1 fully saturated rings. The number of carbonyl (C=O) groups excluding carboxylic acids is 1. The van der Waals surface area contributed by atoms with Crippen LogP contribution in [0.3, 0.4) is 0 Å². The predicted molar refractivity (Wildman–Crippen MR) is 75.1 cm³/mol. The molecule has 17 heavy (non-hydrogen) atoms. The van der Waals surface area contributed by atoms with Crippen LogP contribution < -0.4 is 11.1 Å². The lowest BCUT2D eigenvalue weighted by molar-refractivity contribution is -0.132. The van der Waals surface area contributed by atoms with Gasteiger partial charge in [0, 0.05) is 16.8 Å². The van der Waals surface area contributed by atoms with Crippen LogP contribution in [0.25, 0.3) is 0 Å². The number of thioether (sulfide) groups is 1. The van der Waals surface area contributed by atoms with E-state index in [0.717, 1.165) is 6.42 Å². The van der Waals surface area contributed by atoms with Crippen molar-refractivity contribution in [2.75, 3.05) is 6.26 Å². The molecule has 0 aliphatic heterocycles. The van der Waals surface area contributed by atoms with Gasteiger partial charge in [-0.05, 0) is 46.8 Å². The molecular formula is C13H26N2OS. The molecule has 0 radical (unpaired) electrons. The number of hydrogen-bond acceptors (Lipinski definition) is 3. The number of rotatable bonds is 4. The standard InChI is InChI=1S/C13H26N2OS/c1-12(2,13(3,4)14)11(16)15-9-7-6-8-10(9)17-5/h9-10H,6-8,14H2,1-5H3,(H,15,16). The van der Waals surface area contributed by atoms with Crippen LogP contribution in [0, 0.1) is 5.41 Å². The van der Waals surface area contributed by atoms with Gasteiger partial charge in [0.25, 0.3) is 0 Å². The highest BCUT2D eigenvalue weighted by Gasteiger charge is 2.42. The monoisotopic (exact) mass is 258 g/mol. The summed E-state index contributed by atoms with van der Waals surface area (Å²) in [4.78, 5) is 12.3. The fourth-order valence-corrected chi connectivity index (χ4v) is 2.95. The van der Waals surface area contributed by atoms with Crippen LogP contribution in [0.5, 0.6) is 0 Å². The van der Waals surface area contributed by atoms with E-state index >= 15 is 0 Å². The second-order valence-electron chi connectivity index (χ2n) is 6.13. The van der Waals surface area contributed by atoms with Crippen LogP contribution >= 0.6 is 11.8 Å². The summed E-state index contributed by atoms with van der Waals surface area (Å²) in [5.74, 6) is 0.0796. The molecule has 1 aliphatic carbocycles. The maximum Gasteiger partial charge on any atom is 0.227 e. The molecule has 2 unspecified atom stereocenters. The van der Waals surface area contributed by atoms with Crippen molar-refractivity contribution in [3.8, 4) is 0 Å². The Hall–Kier alpha value is -0.220. The normalized spacial score (nSPS) is 26.0. The minimum absolute atomic E-state index is 0.0796. The Kier molecular flexibility index (Phi) is 4.53. The highest BCUT2D eigenvalue weighted by atomic mass is 32.2. The molecule has 1 saturated carbocycles. The van der Waals surface area contributed by atoms with E-state index < -0.39 is 11.0 Å². The first-order valence-electron chi connectivity index (χ1n) is 6.33. The van der Waals surface area contributed by atoms with Crippen LogP contribution in [0.15, 0.2) is 0 Å². The zero-order valence-corrected chi connectivity index (χ0v) is 12.5. The van der Waals surface area contributed by atoms with Crippen LogP contribution in [-0.4, -0.2) is 29.0 Å². The van der Waals surface area contributed by atoms with Gasteiger partial charge in [-0.1, -0.05) is 6.42 Å². The Bertz CT molecular complexity index is 284. The van der Waals surface area contributed by atoms with E-state index in [9.17, 15) is 4.79 Å². The van der Waals surface area contributed by atoms with E-state index in [-0.39, 0.29) is 5.91 Å². The molecule has 1 rings (SSSR count). The van der Waals surface area contributed by atoms with E-state index in [2.05, 4.69) is 11.6 Å². The summed E-state index contributed by atoms with van der Waals surface area (Å²) in [7, 11) is 0. The minimum Gasteiger partial charge on any atom is -0.352 e. The molecule has 0 heterocycles. The van der Waals surface area contributed by atoms with Crippen LogP contribution in [0.2, 0.25) is 0 Å². The van der Waals surface area contributed by atoms with Gasteiger partial charge in [0.15, 0.2) is 0 Å². The SMILES string of the molecule is CSC1CCCC1NC(=O)C(C)(C)C(C)(C)N. The van der Waals surface area contributed by atoms with Crippen molar-refractivity contribution in [3.63, 3.8) is 0 Å². The lowest BCUT2D eigenvalue weighted by Gasteiger charge is -2.38. The van der Waals surface area contributed by atoms with Crippen molar-refractivity contribution < 1.29 is 4.79 Å². The van der Waals surface area contributed by atoms with Gasteiger partial charge in [-0.3, -0.25) is 4.79 Å². The first kappa shape index (κ1) is 14.8. The van der Waals surface area contributed by atoms with E-state index in [4.69, 9.17) is 5.73 Å². The summed E-state index contributed by atoms with van der Waals surface area (Å²) >= 11 is 1.85. The quantitative estimate of drug-likeness (QED) is 0.812. The molecule has 0 bridgehead atoms. The van der Waals surface area contributed by atoms with E-state index in [0.29, 0.717) is 11.3 Å². The van der Waals surface area contributed by atoms with Crippen molar-refractivity contribution >= 4 is 17.7 Å². The van der Waals surface area contributed by atoms with Crippen LogP contribution in [-0.2, 0) is 4.79 Å². The first-order valence-corrected chi connectivity index (χ1v) is 7.61. The van der Waals surface area contributed by atoms with Gasteiger partial charge in [-0.15, -0.1) is 0 Å². The van der Waals surface area contributed by atoms with Crippen LogP contribution in [0.1, 0.15) is 47.0 Å². The molecule has 3 N–H and O–H groups in total. The predicted octanol–water partition coefficient (Wildman–Crippen LogP) is 2.15. The zero-order valence-electron chi connectivity index (χ0n) is 11.7. The highest BCUT2D eigenvalue weighted by Crippen LogP contribution is 2.32. The third kappa shape index (κ3) is 3.16. The summed E-state index contributed by atoms with van der Waals surface area (Å²) in [6, 6.07) is 0.319. The Morgan fingerprint density at radius 3 is 2.35 bits per heavy atom. The second-order valence-corrected chi connectivity index (χ2v) is 7.21. The smallest absolute Gasteiger partial charge is 0.227 e. The van der Waals surface area contributed by atoms with Crippen LogP contribution in [0.4, 0.5) is 0 Å². The van der Waals surface area contributed by atoms with Crippen molar-refractivity contribution in [2.24, 2.45) is 11.1 Å². The van der Waals surface area contributed by atoms with Gasteiger partial charge in [0.1, 0.15) is 0 Å². The number of hydrogen-bond donors (Lipinski definition) is 2. The third-order valence-electron chi connectivity index (χ3n) is 4.25. The summed E-state index contributed by atoms with van der Waals surface area (Å²) in [5, 5.41) is 3.75. The minimum atomic E-state index is -0.543. The average molecular weight is 258 g/mol. The lowest BCUT2D eigenvalue weighted by atomic mass is 9.74. The molecule has 100 valence electrons. The molecule has 0 spiro atoms. The highest BCUT2D eigenvalue weighted by molar-refractivity contribution is 7.99. The number of carbonyl (C=O) groups is 1. The Morgan fingerprint density at radius 2 is 1.88 bits per heavy atom. The van der Waals surface area contributed by atoms with Crippen molar-refractivity contribution in [3.05, 3.63) is 0 Å². The van der Waals surface area contributed by atoms with Gasteiger partial charge >= 0.3 is 0 Å². The molecule has 0 aromatic rings. The van der Waals surface area contributed by atoms with Gasteiger partial charge in [-0.25, -0.2) is 0 Å². The Balaban J connectivity index is 2.66. The topological polar surface area (TPSA) is 55.1 Å². The fourth-order valence-electron chi connectivity index (χ4n) is 2.01. The molecule has 0 aromatic carbocycles. The molecule has 3 nitrogen and oxygen atoms in total. The van der Waals surface area contributed by atoms with Crippen molar-refractivity contribution in [1.29, 1.82) is 0 Å². The first-order chi connectivity index (χ1) is 7.70. The lowest BCUT2D eigenvalue weighted by Crippen LogP contribution is -2.57. The Labute approximate surface area is 109 Å². The summed E-state index contributed by atoms with van der Waals surface area (Å²) < 4.78 is 0. The van der Waals surface area contributed by atoms with Crippen molar-refractivity contribution in [1.82, 2.24) is 5.32 Å². The molecule has 1 amide bonds. The number of amides is 1. The largest absolute Gasteiger partial charge is 0.352 e. The summed E-state index contributed by atoms with van der Waals surface area (Å²) in [6.45, 7) is 7.66. The molecule has 2 atom stereocenters. The maximum atomic E-state index is 12.3. The molecule has 4 heteroatoms. The van der Waals surface area contributed by atoms with E-state index in [1.165, 1.54) is 12.8 Å². The van der Waals surface area contributed by atoms with E-state index in [1.807, 2.05) is 39.5 Å².